The van der Waals surface area contributed by atoms with Crippen LogP contribution < -0.4 is 0 Å². The average Bonchev–Trinajstić information content (AvgIpc) is 2.43. The second-order valence-electron chi connectivity index (χ2n) is 5.37. The van der Waals surface area contributed by atoms with E-state index in [4.69, 9.17) is 0 Å². The van der Waals surface area contributed by atoms with Gasteiger partial charge in [-0.3, -0.25) is 4.79 Å². The summed E-state index contributed by atoms with van der Waals surface area (Å²) < 4.78 is 13.6. The Balaban J connectivity index is 2.19. The number of aliphatic hydroxyl groups is 1. The van der Waals surface area contributed by atoms with E-state index in [-0.39, 0.29) is 24.2 Å². The van der Waals surface area contributed by atoms with Gasteiger partial charge in [-0.25, -0.2) is 4.39 Å². The number of amides is 1. The molecule has 19 heavy (non-hydrogen) atoms. The average molecular weight is 265 g/mol. The second kappa shape index (κ2) is 5.70. The van der Waals surface area contributed by atoms with E-state index in [9.17, 15) is 14.3 Å². The standard InChI is InChI=1S/C15H20FNO2/c1-10-6-13(7-11(2)14(10)16)15(19)17-5-3-4-12(8-17)9-18/h6-7,12,18H,3-5,8-9H2,1-2H3. The lowest BCUT2D eigenvalue weighted by molar-refractivity contribution is 0.0620. The number of hydrogen-bond donors (Lipinski definition) is 1. The highest BCUT2D eigenvalue weighted by atomic mass is 19.1. The lowest BCUT2D eigenvalue weighted by Gasteiger charge is -2.32. The van der Waals surface area contributed by atoms with Crippen LogP contribution in [0.1, 0.15) is 34.3 Å². The van der Waals surface area contributed by atoms with Crippen LogP contribution in [-0.4, -0.2) is 35.6 Å². The summed E-state index contributed by atoms with van der Waals surface area (Å²) in [7, 11) is 0. The molecule has 0 spiro atoms. The third-order valence-corrected chi connectivity index (χ3v) is 3.75. The number of halogens is 1. The summed E-state index contributed by atoms with van der Waals surface area (Å²) in [6.45, 7) is 4.76. The van der Waals surface area contributed by atoms with Crippen molar-refractivity contribution >= 4 is 5.91 Å². The number of aliphatic hydroxyl groups excluding tert-OH is 1. The number of benzene rings is 1. The smallest absolute Gasteiger partial charge is 0.253 e. The van der Waals surface area contributed by atoms with Gasteiger partial charge in [0.1, 0.15) is 5.82 Å². The molecule has 1 unspecified atom stereocenters. The van der Waals surface area contributed by atoms with Crippen LogP contribution in [-0.2, 0) is 0 Å². The number of piperidine rings is 1. The third kappa shape index (κ3) is 2.95. The Labute approximate surface area is 113 Å². The van der Waals surface area contributed by atoms with Crippen molar-refractivity contribution in [3.05, 3.63) is 34.6 Å². The zero-order valence-corrected chi connectivity index (χ0v) is 11.4. The molecule has 2 rings (SSSR count). The lowest BCUT2D eigenvalue weighted by Crippen LogP contribution is -2.41. The summed E-state index contributed by atoms with van der Waals surface area (Å²) in [6.07, 6.45) is 1.87. The van der Waals surface area contributed by atoms with Crippen molar-refractivity contribution in [2.24, 2.45) is 5.92 Å². The maximum Gasteiger partial charge on any atom is 0.253 e. The van der Waals surface area contributed by atoms with E-state index in [1.165, 1.54) is 0 Å². The van der Waals surface area contributed by atoms with Crippen molar-refractivity contribution in [1.82, 2.24) is 4.90 Å². The largest absolute Gasteiger partial charge is 0.396 e. The molecule has 104 valence electrons. The number of likely N-dealkylation sites (tertiary alicyclic amines) is 1. The molecule has 1 heterocycles. The highest BCUT2D eigenvalue weighted by Gasteiger charge is 2.24. The van der Waals surface area contributed by atoms with Crippen LogP contribution in [0.5, 0.6) is 0 Å². The van der Waals surface area contributed by atoms with Crippen molar-refractivity contribution < 1.29 is 14.3 Å². The molecule has 1 N–H and O–H groups in total. The first-order valence-corrected chi connectivity index (χ1v) is 6.69. The molecule has 3 nitrogen and oxygen atoms in total. The van der Waals surface area contributed by atoms with Gasteiger partial charge in [0.25, 0.3) is 5.91 Å². The van der Waals surface area contributed by atoms with Gasteiger partial charge in [-0.05, 0) is 55.9 Å². The van der Waals surface area contributed by atoms with Crippen molar-refractivity contribution in [3.63, 3.8) is 0 Å². The lowest BCUT2D eigenvalue weighted by atomic mass is 9.97. The normalized spacial score (nSPS) is 19.6. The first kappa shape index (κ1) is 14.0. The van der Waals surface area contributed by atoms with E-state index in [1.54, 1.807) is 30.9 Å². The van der Waals surface area contributed by atoms with Crippen LogP contribution in [0.25, 0.3) is 0 Å². The number of carbonyl (C=O) groups is 1. The maximum absolute atomic E-state index is 13.6. The van der Waals surface area contributed by atoms with Crippen molar-refractivity contribution in [3.8, 4) is 0 Å². The van der Waals surface area contributed by atoms with Crippen molar-refractivity contribution in [2.45, 2.75) is 26.7 Å². The topological polar surface area (TPSA) is 40.5 Å². The molecule has 1 atom stereocenters. The van der Waals surface area contributed by atoms with Crippen LogP contribution in [0.3, 0.4) is 0 Å². The summed E-state index contributed by atoms with van der Waals surface area (Å²) in [4.78, 5) is 14.2. The minimum atomic E-state index is -0.247. The molecule has 1 aromatic rings. The first-order chi connectivity index (χ1) is 9.02. The molecule has 1 aromatic carbocycles. The molecule has 0 aliphatic carbocycles. The third-order valence-electron chi connectivity index (χ3n) is 3.75. The Morgan fingerprint density at radius 1 is 1.42 bits per heavy atom. The fourth-order valence-electron chi connectivity index (χ4n) is 2.65. The van der Waals surface area contributed by atoms with Gasteiger partial charge in [-0.15, -0.1) is 0 Å². The number of carbonyl (C=O) groups excluding carboxylic acids is 1. The number of hydrogen-bond acceptors (Lipinski definition) is 2. The first-order valence-electron chi connectivity index (χ1n) is 6.69. The minimum Gasteiger partial charge on any atom is -0.396 e. The van der Waals surface area contributed by atoms with Gasteiger partial charge in [0.15, 0.2) is 0 Å². The molecule has 1 aliphatic rings. The number of aryl methyl sites for hydroxylation is 2. The molecule has 1 saturated heterocycles. The summed E-state index contributed by atoms with van der Waals surface area (Å²) in [5, 5.41) is 9.20. The van der Waals surface area contributed by atoms with Gasteiger partial charge < -0.3 is 10.0 Å². The SMILES string of the molecule is Cc1cc(C(=O)N2CCCC(CO)C2)cc(C)c1F. The van der Waals surface area contributed by atoms with Crippen LogP contribution >= 0.6 is 0 Å². The van der Waals surface area contributed by atoms with E-state index >= 15 is 0 Å². The molecule has 4 heteroatoms. The van der Waals surface area contributed by atoms with E-state index in [1.807, 2.05) is 0 Å². The number of rotatable bonds is 2. The molecule has 0 aromatic heterocycles. The fraction of sp³-hybridized carbons (Fsp3) is 0.533. The van der Waals surface area contributed by atoms with Crippen molar-refractivity contribution in [1.29, 1.82) is 0 Å². The van der Waals surface area contributed by atoms with Crippen LogP contribution in [0.4, 0.5) is 4.39 Å². The highest BCUT2D eigenvalue weighted by Crippen LogP contribution is 2.20. The summed E-state index contributed by atoms with van der Waals surface area (Å²) >= 11 is 0. The Morgan fingerprint density at radius 2 is 2.05 bits per heavy atom. The van der Waals surface area contributed by atoms with Crippen molar-refractivity contribution in [2.75, 3.05) is 19.7 Å². The fourth-order valence-corrected chi connectivity index (χ4v) is 2.65. The Kier molecular flexibility index (Phi) is 4.20. The molecule has 0 bridgehead atoms. The van der Waals surface area contributed by atoms with E-state index in [0.717, 1.165) is 12.8 Å². The predicted octanol–water partition coefficient (Wildman–Crippen LogP) is 2.29. The minimum absolute atomic E-state index is 0.0654. The maximum atomic E-state index is 13.6. The van der Waals surface area contributed by atoms with Gasteiger partial charge in [0.2, 0.25) is 0 Å². The molecule has 0 radical (unpaired) electrons. The molecular formula is C15H20FNO2. The van der Waals surface area contributed by atoms with Crippen LogP contribution in [0.15, 0.2) is 12.1 Å². The Bertz CT molecular complexity index is 464. The van der Waals surface area contributed by atoms with Gasteiger partial charge in [0.05, 0.1) is 0 Å². The summed E-state index contributed by atoms with van der Waals surface area (Å²) in [6, 6.07) is 3.21. The van der Waals surface area contributed by atoms with Gasteiger partial charge in [0, 0.05) is 25.3 Å². The predicted molar refractivity (Wildman–Crippen MR) is 71.6 cm³/mol. The number of nitrogens with zero attached hydrogens (tertiary/aromatic N) is 1. The van der Waals surface area contributed by atoms with E-state index in [2.05, 4.69) is 0 Å². The Hall–Kier alpha value is -1.42. The van der Waals surface area contributed by atoms with Gasteiger partial charge >= 0.3 is 0 Å². The summed E-state index contributed by atoms with van der Waals surface area (Å²) in [5.74, 6) is -0.145. The second-order valence-corrected chi connectivity index (χ2v) is 5.37. The van der Waals surface area contributed by atoms with E-state index in [0.29, 0.717) is 29.8 Å². The molecule has 0 saturated carbocycles. The van der Waals surface area contributed by atoms with Crippen LogP contribution in [0, 0.1) is 25.6 Å². The van der Waals surface area contributed by atoms with E-state index < -0.39 is 0 Å². The zero-order valence-electron chi connectivity index (χ0n) is 11.4. The summed E-state index contributed by atoms with van der Waals surface area (Å²) in [5.41, 5.74) is 1.54. The van der Waals surface area contributed by atoms with Gasteiger partial charge in [-0.2, -0.15) is 0 Å². The molecule has 1 fully saturated rings. The molecule has 1 aliphatic heterocycles. The quantitative estimate of drug-likeness (QED) is 0.891. The molecule has 1 amide bonds. The Morgan fingerprint density at radius 3 is 2.63 bits per heavy atom. The van der Waals surface area contributed by atoms with Gasteiger partial charge in [-0.1, -0.05) is 0 Å². The molecular weight excluding hydrogens is 245 g/mol. The zero-order chi connectivity index (χ0) is 14.0. The monoisotopic (exact) mass is 265 g/mol. The van der Waals surface area contributed by atoms with Crippen LogP contribution in [0.2, 0.25) is 0 Å². The highest BCUT2D eigenvalue weighted by molar-refractivity contribution is 5.94.